The third-order valence-electron chi connectivity index (χ3n) is 4.74. The molecule has 0 spiro atoms. The van der Waals surface area contributed by atoms with Crippen molar-refractivity contribution in [3.05, 3.63) is 0 Å². The molecule has 1 fully saturated rings. The average molecular weight is 257 g/mol. The summed E-state index contributed by atoms with van der Waals surface area (Å²) in [6.07, 6.45) is 8.43. The van der Waals surface area contributed by atoms with E-state index < -0.39 is 0 Å². The lowest BCUT2D eigenvalue weighted by molar-refractivity contribution is 0.121. The molecule has 0 radical (unpaired) electrons. The summed E-state index contributed by atoms with van der Waals surface area (Å²) in [6, 6.07) is 0.676. The van der Waals surface area contributed by atoms with Crippen LogP contribution in [-0.2, 0) is 0 Å². The molecule has 1 unspecified atom stereocenters. The van der Waals surface area contributed by atoms with E-state index in [-0.39, 0.29) is 0 Å². The summed E-state index contributed by atoms with van der Waals surface area (Å²) in [5, 5.41) is 0. The lowest BCUT2D eigenvalue weighted by Crippen LogP contribution is -2.43. The predicted molar refractivity (Wildman–Crippen MR) is 80.9 cm³/mol. The normalized spacial score (nSPS) is 22.8. The van der Waals surface area contributed by atoms with Gasteiger partial charge in [-0.1, -0.05) is 39.5 Å². The van der Waals surface area contributed by atoms with Gasteiger partial charge in [-0.15, -0.1) is 0 Å². The molecule has 1 aliphatic rings. The fourth-order valence-electron chi connectivity index (χ4n) is 3.03. The van der Waals surface area contributed by atoms with Gasteiger partial charge in [-0.3, -0.25) is 0 Å². The molecule has 0 amide bonds. The van der Waals surface area contributed by atoms with Crippen molar-refractivity contribution in [3.63, 3.8) is 0 Å². The number of thiol groups is 1. The van der Waals surface area contributed by atoms with Crippen LogP contribution in [0.2, 0.25) is 0 Å². The molecule has 1 aliphatic carbocycles. The number of rotatable bonds is 5. The van der Waals surface area contributed by atoms with Gasteiger partial charge >= 0.3 is 0 Å². The maximum absolute atomic E-state index is 4.67. The predicted octanol–water partition coefficient (Wildman–Crippen LogP) is 4.23. The standard InChI is InChI=1S/C15H31NS/c1-13(2)14(3)16(4)11-15(12-17)9-7-5-6-8-10-15/h13-14,17H,5-12H2,1-4H3. The molecular formula is C15H31NS. The van der Waals surface area contributed by atoms with E-state index in [9.17, 15) is 0 Å². The highest BCUT2D eigenvalue weighted by atomic mass is 32.1. The van der Waals surface area contributed by atoms with Crippen molar-refractivity contribution >= 4 is 12.6 Å². The smallest absolute Gasteiger partial charge is 0.00871 e. The van der Waals surface area contributed by atoms with Gasteiger partial charge in [0.2, 0.25) is 0 Å². The Morgan fingerprint density at radius 2 is 1.59 bits per heavy atom. The lowest BCUT2D eigenvalue weighted by atomic mass is 9.81. The maximum atomic E-state index is 4.67. The Kier molecular flexibility index (Phi) is 6.36. The van der Waals surface area contributed by atoms with Crippen LogP contribution < -0.4 is 0 Å². The molecule has 17 heavy (non-hydrogen) atoms. The van der Waals surface area contributed by atoms with Gasteiger partial charge in [0.05, 0.1) is 0 Å². The summed E-state index contributed by atoms with van der Waals surface area (Å²) < 4.78 is 0. The van der Waals surface area contributed by atoms with Gasteiger partial charge in [-0.2, -0.15) is 12.6 Å². The Hall–Kier alpha value is 0.310. The number of nitrogens with zero attached hydrogens (tertiary/aromatic N) is 1. The summed E-state index contributed by atoms with van der Waals surface area (Å²) >= 11 is 4.67. The van der Waals surface area contributed by atoms with E-state index in [4.69, 9.17) is 0 Å². The fraction of sp³-hybridized carbons (Fsp3) is 1.00. The lowest BCUT2D eigenvalue weighted by Gasteiger charge is -2.39. The van der Waals surface area contributed by atoms with Crippen LogP contribution in [0.15, 0.2) is 0 Å². The topological polar surface area (TPSA) is 3.24 Å². The van der Waals surface area contributed by atoms with Crippen LogP contribution in [0, 0.1) is 11.3 Å². The molecule has 1 rings (SSSR count). The van der Waals surface area contributed by atoms with Crippen molar-refractivity contribution in [2.45, 2.75) is 65.3 Å². The average Bonchev–Trinajstić information content (AvgIpc) is 2.54. The third kappa shape index (κ3) is 4.48. The van der Waals surface area contributed by atoms with Crippen molar-refractivity contribution in [2.24, 2.45) is 11.3 Å². The third-order valence-corrected chi connectivity index (χ3v) is 5.42. The molecule has 0 heterocycles. The number of hydrogen-bond acceptors (Lipinski definition) is 2. The Bertz CT molecular complexity index is 207. The van der Waals surface area contributed by atoms with Crippen molar-refractivity contribution < 1.29 is 0 Å². The van der Waals surface area contributed by atoms with E-state index in [1.165, 1.54) is 45.1 Å². The van der Waals surface area contributed by atoms with E-state index in [0.29, 0.717) is 11.5 Å². The summed E-state index contributed by atoms with van der Waals surface area (Å²) in [4.78, 5) is 2.56. The minimum absolute atomic E-state index is 0.484. The molecule has 1 atom stereocenters. The molecule has 2 heteroatoms. The van der Waals surface area contributed by atoms with Gasteiger partial charge < -0.3 is 4.90 Å². The Morgan fingerprint density at radius 1 is 1.06 bits per heavy atom. The van der Waals surface area contributed by atoms with E-state index in [2.05, 4.69) is 45.3 Å². The quantitative estimate of drug-likeness (QED) is 0.570. The molecule has 0 aromatic rings. The number of hydrogen-bond donors (Lipinski definition) is 1. The van der Waals surface area contributed by atoms with Crippen molar-refractivity contribution in [1.82, 2.24) is 4.90 Å². The highest BCUT2D eigenvalue weighted by Crippen LogP contribution is 2.37. The fourth-order valence-corrected chi connectivity index (χ4v) is 3.44. The van der Waals surface area contributed by atoms with Crippen LogP contribution in [0.4, 0.5) is 0 Å². The van der Waals surface area contributed by atoms with Gasteiger partial charge in [0.1, 0.15) is 0 Å². The van der Waals surface area contributed by atoms with E-state index in [1.54, 1.807) is 0 Å². The molecule has 0 saturated heterocycles. The second kappa shape index (κ2) is 7.04. The van der Waals surface area contributed by atoms with E-state index in [1.807, 2.05) is 0 Å². The minimum atomic E-state index is 0.484. The molecular weight excluding hydrogens is 226 g/mol. The Balaban J connectivity index is 2.60. The zero-order chi connectivity index (χ0) is 12.9. The van der Waals surface area contributed by atoms with Gasteiger partial charge in [0, 0.05) is 12.6 Å². The molecule has 1 nitrogen and oxygen atoms in total. The maximum Gasteiger partial charge on any atom is 0.00871 e. The van der Waals surface area contributed by atoms with Crippen LogP contribution in [0.3, 0.4) is 0 Å². The molecule has 0 N–H and O–H groups in total. The van der Waals surface area contributed by atoms with Crippen LogP contribution in [0.25, 0.3) is 0 Å². The molecule has 0 aliphatic heterocycles. The first-order valence-electron chi connectivity index (χ1n) is 7.32. The van der Waals surface area contributed by atoms with E-state index in [0.717, 1.165) is 11.7 Å². The first-order valence-corrected chi connectivity index (χ1v) is 7.95. The van der Waals surface area contributed by atoms with Gasteiger partial charge in [-0.25, -0.2) is 0 Å². The van der Waals surface area contributed by atoms with Gasteiger partial charge in [-0.05, 0) is 43.9 Å². The summed E-state index contributed by atoms with van der Waals surface area (Å²) in [6.45, 7) is 8.23. The first kappa shape index (κ1) is 15.4. The summed E-state index contributed by atoms with van der Waals surface area (Å²) in [5.74, 6) is 1.80. The molecule has 0 bridgehead atoms. The van der Waals surface area contributed by atoms with E-state index >= 15 is 0 Å². The second-order valence-electron chi connectivity index (χ2n) is 6.47. The summed E-state index contributed by atoms with van der Waals surface area (Å²) in [7, 11) is 2.29. The second-order valence-corrected chi connectivity index (χ2v) is 6.79. The molecule has 102 valence electrons. The van der Waals surface area contributed by atoms with Gasteiger partial charge in [0.15, 0.2) is 0 Å². The van der Waals surface area contributed by atoms with Crippen LogP contribution >= 0.6 is 12.6 Å². The highest BCUT2D eigenvalue weighted by molar-refractivity contribution is 7.80. The molecule has 1 saturated carbocycles. The zero-order valence-electron chi connectivity index (χ0n) is 12.2. The van der Waals surface area contributed by atoms with Gasteiger partial charge in [0.25, 0.3) is 0 Å². The highest BCUT2D eigenvalue weighted by Gasteiger charge is 2.32. The van der Waals surface area contributed by atoms with Crippen molar-refractivity contribution in [1.29, 1.82) is 0 Å². The zero-order valence-corrected chi connectivity index (χ0v) is 13.1. The SMILES string of the molecule is CC(C)C(C)N(C)CC1(CS)CCCCCC1. The monoisotopic (exact) mass is 257 g/mol. The Labute approximate surface area is 114 Å². The van der Waals surface area contributed by atoms with Crippen molar-refractivity contribution in [2.75, 3.05) is 19.3 Å². The van der Waals surface area contributed by atoms with Crippen LogP contribution in [-0.4, -0.2) is 30.3 Å². The largest absolute Gasteiger partial charge is 0.303 e. The minimum Gasteiger partial charge on any atom is -0.303 e. The molecule has 0 aromatic heterocycles. The Morgan fingerprint density at radius 3 is 2.00 bits per heavy atom. The first-order chi connectivity index (χ1) is 8.01. The van der Waals surface area contributed by atoms with Crippen molar-refractivity contribution in [3.8, 4) is 0 Å². The van der Waals surface area contributed by atoms with Crippen LogP contribution in [0.5, 0.6) is 0 Å². The molecule has 0 aromatic carbocycles. The summed E-state index contributed by atoms with van der Waals surface area (Å²) in [5.41, 5.74) is 0.484. The van der Waals surface area contributed by atoms with Crippen LogP contribution in [0.1, 0.15) is 59.3 Å².